The maximum Gasteiger partial charge on any atom is 0.387 e. The Morgan fingerprint density at radius 3 is 2.37 bits per heavy atom. The van der Waals surface area contributed by atoms with E-state index < -0.39 is 18.7 Å². The fourth-order valence-corrected chi connectivity index (χ4v) is 2.75. The van der Waals surface area contributed by atoms with Gasteiger partial charge in [0.2, 0.25) is 5.91 Å². The molecule has 0 aliphatic rings. The predicted octanol–water partition coefficient (Wildman–Crippen LogP) is 3.80. The molecular formula is C21H24F2N2O5. The molecule has 2 aromatic rings. The predicted molar refractivity (Wildman–Crippen MR) is 104 cm³/mol. The van der Waals surface area contributed by atoms with Crippen LogP contribution in [-0.4, -0.2) is 34.7 Å². The zero-order valence-electron chi connectivity index (χ0n) is 16.8. The number of benzene rings is 1. The Kier molecular flexibility index (Phi) is 8.23. The summed E-state index contributed by atoms with van der Waals surface area (Å²) in [5, 5.41) is 11.8. The number of carboxylic acid groups (broad SMARTS) is 1. The molecular weight excluding hydrogens is 398 g/mol. The van der Waals surface area contributed by atoms with Crippen LogP contribution >= 0.6 is 0 Å². The van der Waals surface area contributed by atoms with Gasteiger partial charge in [0.15, 0.2) is 0 Å². The number of rotatable bonds is 10. The number of carbonyl (C=O) groups excluding carboxylic acids is 1. The molecule has 1 aromatic heterocycles. The molecule has 2 N–H and O–H groups in total. The highest BCUT2D eigenvalue weighted by Gasteiger charge is 2.25. The van der Waals surface area contributed by atoms with Crippen molar-refractivity contribution in [3.05, 3.63) is 59.4 Å². The highest BCUT2D eigenvalue weighted by atomic mass is 19.3. The topological polar surface area (TPSA) is 97.8 Å². The molecule has 2 unspecified atom stereocenters. The van der Waals surface area contributed by atoms with Gasteiger partial charge in [-0.1, -0.05) is 26.0 Å². The molecule has 2 atom stereocenters. The summed E-state index contributed by atoms with van der Waals surface area (Å²) in [6.07, 6.45) is 0.524. The lowest BCUT2D eigenvalue weighted by atomic mass is 10.0. The maximum absolute atomic E-state index is 12.7. The highest BCUT2D eigenvalue weighted by Crippen LogP contribution is 2.18. The quantitative estimate of drug-likeness (QED) is 0.604. The van der Waals surface area contributed by atoms with Gasteiger partial charge in [0, 0.05) is 12.3 Å². The molecule has 30 heavy (non-hydrogen) atoms. The van der Waals surface area contributed by atoms with Gasteiger partial charge in [-0.05, 0) is 36.6 Å². The molecule has 0 saturated carbocycles. The summed E-state index contributed by atoms with van der Waals surface area (Å²) in [7, 11) is 0. The van der Waals surface area contributed by atoms with Crippen LogP contribution in [0.25, 0.3) is 0 Å². The van der Waals surface area contributed by atoms with E-state index in [1.165, 1.54) is 30.5 Å². The monoisotopic (exact) mass is 422 g/mol. The van der Waals surface area contributed by atoms with Crippen LogP contribution in [0.15, 0.2) is 42.6 Å². The van der Waals surface area contributed by atoms with E-state index in [0.29, 0.717) is 5.69 Å². The summed E-state index contributed by atoms with van der Waals surface area (Å²) >= 11 is 0. The molecule has 0 bridgehead atoms. The van der Waals surface area contributed by atoms with E-state index in [1.54, 1.807) is 19.1 Å². The van der Waals surface area contributed by atoms with Crippen LogP contribution < -0.4 is 10.1 Å². The van der Waals surface area contributed by atoms with Crippen LogP contribution in [0.4, 0.5) is 8.78 Å². The third-order valence-corrected chi connectivity index (χ3v) is 4.30. The number of aromatic nitrogens is 1. The number of nitrogens with zero attached hydrogens (tertiary/aromatic N) is 1. The fraction of sp³-hybridized carbons (Fsp3) is 0.381. The van der Waals surface area contributed by atoms with E-state index in [0.717, 1.165) is 5.56 Å². The Bertz CT molecular complexity index is 859. The Balaban J connectivity index is 1.99. The first-order chi connectivity index (χ1) is 14.2. The number of ether oxygens (including phenoxy) is 2. The van der Waals surface area contributed by atoms with Gasteiger partial charge in [0.25, 0.3) is 0 Å². The Morgan fingerprint density at radius 1 is 1.13 bits per heavy atom. The molecule has 0 radical (unpaired) electrons. The van der Waals surface area contributed by atoms with E-state index in [-0.39, 0.29) is 35.8 Å². The first-order valence-corrected chi connectivity index (χ1v) is 9.32. The number of nitrogens with one attached hydrogen (secondary N) is 1. The molecule has 9 heteroatoms. The number of carboxylic acids is 1. The molecule has 1 amide bonds. The third-order valence-electron chi connectivity index (χ3n) is 4.30. The van der Waals surface area contributed by atoms with Crippen molar-refractivity contribution in [2.45, 2.75) is 46.1 Å². The number of hydrogen-bond acceptors (Lipinski definition) is 5. The number of amides is 1. The van der Waals surface area contributed by atoms with Gasteiger partial charge in [0.1, 0.15) is 11.9 Å². The van der Waals surface area contributed by atoms with Crippen LogP contribution in [0, 0.1) is 5.92 Å². The molecule has 2 rings (SSSR count). The van der Waals surface area contributed by atoms with Gasteiger partial charge in [-0.15, -0.1) is 0 Å². The molecule has 0 saturated heterocycles. The third kappa shape index (κ3) is 6.77. The fourth-order valence-electron chi connectivity index (χ4n) is 2.75. The Morgan fingerprint density at radius 2 is 1.80 bits per heavy atom. The van der Waals surface area contributed by atoms with E-state index in [1.807, 2.05) is 13.8 Å². The average molecular weight is 422 g/mol. The van der Waals surface area contributed by atoms with Crippen molar-refractivity contribution in [1.82, 2.24) is 10.3 Å². The van der Waals surface area contributed by atoms with Crippen LogP contribution in [0.2, 0.25) is 0 Å². The van der Waals surface area contributed by atoms with Crippen molar-refractivity contribution in [2.24, 2.45) is 5.92 Å². The average Bonchev–Trinajstić information content (AvgIpc) is 2.67. The lowest BCUT2D eigenvalue weighted by molar-refractivity contribution is -0.137. The van der Waals surface area contributed by atoms with Gasteiger partial charge >= 0.3 is 12.6 Å². The summed E-state index contributed by atoms with van der Waals surface area (Å²) in [4.78, 5) is 27.7. The molecule has 0 aliphatic heterocycles. The lowest BCUT2D eigenvalue weighted by Gasteiger charge is -2.23. The summed E-state index contributed by atoms with van der Waals surface area (Å²) in [6, 6.07) is 8.48. The summed E-state index contributed by atoms with van der Waals surface area (Å²) in [5.74, 6) is -1.57. The van der Waals surface area contributed by atoms with Crippen molar-refractivity contribution in [3.8, 4) is 5.75 Å². The number of hydrogen-bond donors (Lipinski definition) is 2. The second-order valence-electron chi connectivity index (χ2n) is 6.99. The Hall–Kier alpha value is -3.07. The molecule has 1 aromatic carbocycles. The first-order valence-electron chi connectivity index (χ1n) is 9.32. The van der Waals surface area contributed by atoms with E-state index >= 15 is 0 Å². The van der Waals surface area contributed by atoms with Gasteiger partial charge in [-0.3, -0.25) is 9.78 Å². The zero-order chi connectivity index (χ0) is 22.3. The molecule has 7 nitrogen and oxygen atoms in total. The summed E-state index contributed by atoms with van der Waals surface area (Å²) in [5.41, 5.74) is 1.25. The summed E-state index contributed by atoms with van der Waals surface area (Å²) in [6.45, 7) is 2.41. The number of halogens is 2. The second kappa shape index (κ2) is 10.6. The van der Waals surface area contributed by atoms with Crippen molar-refractivity contribution in [3.63, 3.8) is 0 Å². The van der Waals surface area contributed by atoms with Gasteiger partial charge in [0.05, 0.1) is 23.9 Å². The largest absolute Gasteiger partial charge is 0.478 e. The standard InChI is InChI=1S/C21H24F2N2O5/c1-12(2)18(29-11-16-10-17(8-9-24-16)30-21(22)23)19(26)25-13(3)14-4-6-15(7-5-14)20(27)28/h4-10,12-13,18,21H,11H2,1-3H3,(H,25,26)(H,27,28). The van der Waals surface area contributed by atoms with Gasteiger partial charge < -0.3 is 19.9 Å². The summed E-state index contributed by atoms with van der Waals surface area (Å²) < 4.78 is 34.7. The molecule has 162 valence electrons. The smallest absolute Gasteiger partial charge is 0.387 e. The zero-order valence-corrected chi connectivity index (χ0v) is 16.8. The second-order valence-corrected chi connectivity index (χ2v) is 6.99. The first kappa shape index (κ1) is 23.2. The van der Waals surface area contributed by atoms with Crippen LogP contribution in [0.1, 0.15) is 48.4 Å². The van der Waals surface area contributed by atoms with Crippen molar-refractivity contribution in [1.29, 1.82) is 0 Å². The normalized spacial score (nSPS) is 13.2. The molecule has 1 heterocycles. The van der Waals surface area contributed by atoms with Crippen LogP contribution in [0.5, 0.6) is 5.75 Å². The van der Waals surface area contributed by atoms with E-state index in [9.17, 15) is 18.4 Å². The van der Waals surface area contributed by atoms with Crippen LogP contribution in [0.3, 0.4) is 0 Å². The number of carbonyl (C=O) groups is 2. The Labute approximate surface area is 173 Å². The van der Waals surface area contributed by atoms with Crippen molar-refractivity contribution >= 4 is 11.9 Å². The number of alkyl halides is 2. The van der Waals surface area contributed by atoms with Gasteiger partial charge in [-0.2, -0.15) is 8.78 Å². The lowest BCUT2D eigenvalue weighted by Crippen LogP contribution is -2.40. The highest BCUT2D eigenvalue weighted by molar-refractivity contribution is 5.87. The molecule has 0 aliphatic carbocycles. The van der Waals surface area contributed by atoms with Gasteiger partial charge in [-0.25, -0.2) is 4.79 Å². The van der Waals surface area contributed by atoms with E-state index in [2.05, 4.69) is 15.0 Å². The number of aromatic carboxylic acids is 1. The maximum atomic E-state index is 12.7. The minimum Gasteiger partial charge on any atom is -0.478 e. The van der Waals surface area contributed by atoms with Crippen molar-refractivity contribution in [2.75, 3.05) is 0 Å². The SMILES string of the molecule is CC(NC(=O)C(OCc1cc(OC(F)F)ccn1)C(C)C)c1ccc(C(=O)O)cc1. The number of pyridine rings is 1. The van der Waals surface area contributed by atoms with Crippen molar-refractivity contribution < 1.29 is 33.0 Å². The molecule has 0 spiro atoms. The van der Waals surface area contributed by atoms with E-state index in [4.69, 9.17) is 9.84 Å². The van der Waals surface area contributed by atoms with Crippen LogP contribution in [-0.2, 0) is 16.1 Å². The minimum atomic E-state index is -2.94. The minimum absolute atomic E-state index is 0.0393. The molecule has 0 fully saturated rings.